The summed E-state index contributed by atoms with van der Waals surface area (Å²) in [6.45, 7) is 4.41. The van der Waals surface area contributed by atoms with E-state index in [1.54, 1.807) is 30.5 Å². The van der Waals surface area contributed by atoms with Gasteiger partial charge in [-0.25, -0.2) is 0 Å². The minimum absolute atomic E-state index is 0.0453. The first kappa shape index (κ1) is 18.6. The van der Waals surface area contributed by atoms with Crippen LogP contribution in [0.2, 0.25) is 0 Å². The summed E-state index contributed by atoms with van der Waals surface area (Å²) in [4.78, 5) is 14.5. The van der Waals surface area contributed by atoms with E-state index >= 15 is 0 Å². The Bertz CT molecular complexity index is 695. The first-order chi connectivity index (χ1) is 12.1. The highest BCUT2D eigenvalue weighted by molar-refractivity contribution is 5.94. The quantitative estimate of drug-likeness (QED) is 0.709. The van der Waals surface area contributed by atoms with Gasteiger partial charge < -0.3 is 19.2 Å². The average Bonchev–Trinajstić information content (AvgIpc) is 3.13. The zero-order chi connectivity index (χ0) is 18.2. The molecule has 6 heteroatoms. The molecular weight excluding hydrogens is 320 g/mol. The van der Waals surface area contributed by atoms with Crippen LogP contribution in [0.3, 0.4) is 0 Å². The lowest BCUT2D eigenvalue weighted by molar-refractivity contribution is 0.0938. The molecule has 1 N–H and O–H groups in total. The molecule has 1 aromatic heterocycles. The van der Waals surface area contributed by atoms with E-state index in [-0.39, 0.29) is 11.9 Å². The number of likely N-dealkylation sites (N-methyl/N-ethyl adjacent to an activating group) is 1. The van der Waals surface area contributed by atoms with E-state index in [9.17, 15) is 4.79 Å². The maximum atomic E-state index is 12.5. The molecule has 0 saturated carbocycles. The normalized spacial score (nSPS) is 11.8. The molecule has 0 aliphatic rings. The van der Waals surface area contributed by atoms with Crippen molar-refractivity contribution >= 4 is 5.91 Å². The predicted octanol–water partition coefficient (Wildman–Crippen LogP) is 2.89. The van der Waals surface area contributed by atoms with Crippen molar-refractivity contribution in [2.24, 2.45) is 0 Å². The molecule has 2 rings (SSSR count). The lowest BCUT2D eigenvalue weighted by Gasteiger charge is -2.22. The summed E-state index contributed by atoms with van der Waals surface area (Å²) < 4.78 is 16.2. The molecule has 1 unspecified atom stereocenters. The van der Waals surface area contributed by atoms with Crippen molar-refractivity contribution in [3.8, 4) is 11.5 Å². The van der Waals surface area contributed by atoms with Gasteiger partial charge in [0.2, 0.25) is 0 Å². The number of hydrogen-bond acceptors (Lipinski definition) is 5. The van der Waals surface area contributed by atoms with E-state index in [0.717, 1.165) is 5.76 Å². The maximum Gasteiger partial charge on any atom is 0.251 e. The summed E-state index contributed by atoms with van der Waals surface area (Å²) in [5.74, 6) is 1.69. The summed E-state index contributed by atoms with van der Waals surface area (Å²) in [6, 6.07) is 8.76. The lowest BCUT2D eigenvalue weighted by atomic mass is 10.1. The second kappa shape index (κ2) is 8.94. The summed E-state index contributed by atoms with van der Waals surface area (Å²) >= 11 is 0. The monoisotopic (exact) mass is 344 g/mol. The Morgan fingerprint density at radius 1 is 1.36 bits per heavy atom. The van der Waals surface area contributed by atoms with Gasteiger partial charge in [0.25, 0.3) is 5.91 Å². The van der Waals surface area contributed by atoms with Crippen molar-refractivity contribution in [3.05, 3.63) is 60.6 Å². The molecule has 6 nitrogen and oxygen atoms in total. The molecule has 0 aliphatic carbocycles. The van der Waals surface area contributed by atoms with E-state index in [1.165, 1.54) is 7.11 Å². The Morgan fingerprint density at radius 2 is 2.16 bits per heavy atom. The molecule has 25 heavy (non-hydrogen) atoms. The number of carbonyl (C=O) groups is 1. The summed E-state index contributed by atoms with van der Waals surface area (Å²) in [6.07, 6.45) is 3.27. The Kier molecular flexibility index (Phi) is 6.65. The van der Waals surface area contributed by atoms with E-state index < -0.39 is 0 Å². The zero-order valence-corrected chi connectivity index (χ0v) is 14.8. The van der Waals surface area contributed by atoms with Crippen LogP contribution in [0, 0.1) is 0 Å². The molecular formula is C19H24N2O4. The van der Waals surface area contributed by atoms with Gasteiger partial charge in [-0.2, -0.15) is 0 Å². The first-order valence-electron chi connectivity index (χ1n) is 7.96. The fourth-order valence-electron chi connectivity index (χ4n) is 2.39. The molecule has 0 bridgehead atoms. The number of amides is 1. The Balaban J connectivity index is 2.06. The van der Waals surface area contributed by atoms with Crippen molar-refractivity contribution in [1.82, 2.24) is 10.2 Å². The first-order valence-corrected chi connectivity index (χ1v) is 7.96. The van der Waals surface area contributed by atoms with Crippen LogP contribution in [0.15, 0.2) is 53.7 Å². The van der Waals surface area contributed by atoms with Crippen LogP contribution in [0.5, 0.6) is 11.5 Å². The van der Waals surface area contributed by atoms with Crippen LogP contribution in [0.1, 0.15) is 22.2 Å². The van der Waals surface area contributed by atoms with E-state index in [1.807, 2.05) is 31.1 Å². The number of nitrogens with one attached hydrogen (secondary N) is 1. The molecule has 1 aromatic carbocycles. The number of furan rings is 1. The van der Waals surface area contributed by atoms with Gasteiger partial charge in [-0.15, -0.1) is 0 Å². The molecule has 0 aliphatic heterocycles. The molecule has 0 fully saturated rings. The highest BCUT2D eigenvalue weighted by Gasteiger charge is 2.19. The molecule has 1 atom stereocenters. The third-order valence-corrected chi connectivity index (χ3v) is 3.73. The van der Waals surface area contributed by atoms with Crippen LogP contribution < -0.4 is 14.8 Å². The highest BCUT2D eigenvalue weighted by atomic mass is 16.5. The van der Waals surface area contributed by atoms with Gasteiger partial charge >= 0.3 is 0 Å². The van der Waals surface area contributed by atoms with Crippen LogP contribution in [-0.2, 0) is 0 Å². The zero-order valence-electron chi connectivity index (χ0n) is 14.8. The van der Waals surface area contributed by atoms with Gasteiger partial charge in [-0.1, -0.05) is 12.7 Å². The van der Waals surface area contributed by atoms with Crippen LogP contribution >= 0.6 is 0 Å². The van der Waals surface area contributed by atoms with Gasteiger partial charge in [0.05, 0.1) is 19.4 Å². The number of ether oxygens (including phenoxy) is 2. The van der Waals surface area contributed by atoms with E-state index in [4.69, 9.17) is 13.9 Å². The van der Waals surface area contributed by atoms with Crippen molar-refractivity contribution in [3.63, 3.8) is 0 Å². The van der Waals surface area contributed by atoms with Crippen molar-refractivity contribution in [2.45, 2.75) is 6.04 Å². The van der Waals surface area contributed by atoms with E-state index in [2.05, 4.69) is 11.9 Å². The summed E-state index contributed by atoms with van der Waals surface area (Å²) in [5.41, 5.74) is 0.500. The Morgan fingerprint density at radius 3 is 2.76 bits per heavy atom. The summed E-state index contributed by atoms with van der Waals surface area (Å²) in [5, 5.41) is 2.93. The number of methoxy groups -OCH3 is 1. The van der Waals surface area contributed by atoms with E-state index in [0.29, 0.717) is 30.2 Å². The summed E-state index contributed by atoms with van der Waals surface area (Å²) in [7, 11) is 5.42. The van der Waals surface area contributed by atoms with Crippen LogP contribution in [-0.4, -0.2) is 45.2 Å². The largest absolute Gasteiger partial charge is 0.493 e. The molecule has 0 spiro atoms. The molecule has 2 aromatic rings. The second-order valence-electron chi connectivity index (χ2n) is 5.67. The van der Waals surface area contributed by atoms with Crippen molar-refractivity contribution in [2.75, 3.05) is 34.4 Å². The third-order valence-electron chi connectivity index (χ3n) is 3.73. The highest BCUT2D eigenvalue weighted by Crippen LogP contribution is 2.28. The predicted molar refractivity (Wildman–Crippen MR) is 96.2 cm³/mol. The number of carbonyl (C=O) groups excluding carboxylic acids is 1. The topological polar surface area (TPSA) is 63.9 Å². The maximum absolute atomic E-state index is 12.5. The van der Waals surface area contributed by atoms with Gasteiger partial charge in [0.15, 0.2) is 11.5 Å². The lowest BCUT2D eigenvalue weighted by Crippen LogP contribution is -2.34. The van der Waals surface area contributed by atoms with Crippen LogP contribution in [0.25, 0.3) is 0 Å². The number of nitrogens with zero attached hydrogens (tertiary/aromatic N) is 1. The second-order valence-corrected chi connectivity index (χ2v) is 5.67. The SMILES string of the molecule is C=CCOc1ccc(C(=O)NCC(c2ccco2)N(C)C)cc1OC. The van der Waals surface area contributed by atoms with Crippen LogP contribution in [0.4, 0.5) is 0 Å². The van der Waals surface area contributed by atoms with Crippen molar-refractivity contribution in [1.29, 1.82) is 0 Å². The molecule has 0 saturated heterocycles. The van der Waals surface area contributed by atoms with Gasteiger partial charge in [-0.05, 0) is 44.4 Å². The fourth-order valence-corrected chi connectivity index (χ4v) is 2.39. The number of benzene rings is 1. The Labute approximate surface area is 148 Å². The molecule has 1 amide bonds. The van der Waals surface area contributed by atoms with Gasteiger partial charge in [0.1, 0.15) is 12.4 Å². The smallest absolute Gasteiger partial charge is 0.251 e. The standard InChI is InChI=1S/C19H24N2O4/c1-5-10-24-17-9-8-14(12-18(17)23-4)19(22)20-13-15(21(2)3)16-7-6-11-25-16/h5-9,11-12,15H,1,10,13H2,2-4H3,(H,20,22). The fraction of sp³-hybridized carbons (Fsp3) is 0.316. The number of hydrogen-bond donors (Lipinski definition) is 1. The van der Waals surface area contributed by atoms with Gasteiger partial charge in [0, 0.05) is 12.1 Å². The molecule has 1 heterocycles. The molecule has 0 radical (unpaired) electrons. The average molecular weight is 344 g/mol. The minimum atomic E-state index is -0.188. The molecule has 134 valence electrons. The number of rotatable bonds is 9. The minimum Gasteiger partial charge on any atom is -0.493 e. The van der Waals surface area contributed by atoms with Gasteiger partial charge in [-0.3, -0.25) is 9.69 Å². The Hall–Kier alpha value is -2.73. The van der Waals surface area contributed by atoms with Crippen molar-refractivity contribution < 1.29 is 18.7 Å². The third kappa shape index (κ3) is 4.87.